The van der Waals surface area contributed by atoms with Crippen LogP contribution in [-0.2, 0) is 75.1 Å². The molecular formula is C69H88F2O15S2. The lowest BCUT2D eigenvalue weighted by Gasteiger charge is -2.29. The fraction of sp³-hybridized carbons (Fsp3) is 0.493. The number of benzene rings is 5. The number of aryl methyl sites for hydroxylation is 1. The van der Waals surface area contributed by atoms with Crippen LogP contribution in [0.1, 0.15) is 159 Å². The van der Waals surface area contributed by atoms with Gasteiger partial charge in [-0.25, -0.2) is 8.42 Å². The molecule has 0 spiro atoms. The summed E-state index contributed by atoms with van der Waals surface area (Å²) in [7, 11) is -5.87. The van der Waals surface area contributed by atoms with Gasteiger partial charge in [0.25, 0.3) is 0 Å². The van der Waals surface area contributed by atoms with Crippen LogP contribution in [0.15, 0.2) is 154 Å². The quantitative estimate of drug-likeness (QED) is 0.0229. The van der Waals surface area contributed by atoms with Gasteiger partial charge in [0.2, 0.25) is 0 Å². The summed E-state index contributed by atoms with van der Waals surface area (Å²) in [5, 5.41) is 4.42. The molecule has 88 heavy (non-hydrogen) atoms. The summed E-state index contributed by atoms with van der Waals surface area (Å²) in [5.74, 6) is -1.28. The number of phenolic OH excluding ortho intramolecular Hbond substituents is 1. The van der Waals surface area contributed by atoms with E-state index < -0.39 is 55.9 Å². The second-order valence-electron chi connectivity index (χ2n) is 24.7. The molecule has 4 aliphatic rings. The summed E-state index contributed by atoms with van der Waals surface area (Å²) in [5.41, 5.74) is 0.160. The Balaban J connectivity index is 0.000000201. The van der Waals surface area contributed by atoms with Crippen molar-refractivity contribution in [2.45, 2.75) is 204 Å². The van der Waals surface area contributed by atoms with Gasteiger partial charge in [-0.2, -0.15) is 8.78 Å². The fourth-order valence-corrected chi connectivity index (χ4v) is 11.5. The van der Waals surface area contributed by atoms with Gasteiger partial charge in [0.05, 0.1) is 44.6 Å². The van der Waals surface area contributed by atoms with Gasteiger partial charge in [-0.1, -0.05) is 107 Å². The maximum atomic E-state index is 13.0. The molecule has 0 aromatic heterocycles. The molecule has 0 saturated carbocycles. The molecule has 5 aromatic carbocycles. The number of phenols is 1. The Kier molecular flexibility index (Phi) is 25.5. The lowest BCUT2D eigenvalue weighted by molar-refractivity contribution is -0.170. The van der Waals surface area contributed by atoms with Crippen LogP contribution >= 0.6 is 0 Å². The fourth-order valence-electron chi connectivity index (χ4n) is 8.96. The van der Waals surface area contributed by atoms with E-state index in [9.17, 15) is 45.7 Å². The van der Waals surface area contributed by atoms with E-state index in [1.165, 1.54) is 58.2 Å². The first-order valence-corrected chi connectivity index (χ1v) is 32.7. The van der Waals surface area contributed by atoms with Crippen molar-refractivity contribution in [2.24, 2.45) is 27.6 Å². The Hall–Kier alpha value is -6.67. The molecule has 7 unspecified atom stereocenters. The Morgan fingerprint density at radius 1 is 0.625 bits per heavy atom. The number of ether oxygens (including phenoxy) is 6. The number of carbonyl (C=O) groups excluding carboxylic acids is 5. The summed E-state index contributed by atoms with van der Waals surface area (Å²) in [6.07, 6.45) is 3.97. The van der Waals surface area contributed by atoms with E-state index in [4.69, 9.17) is 28.8 Å². The number of carbonyl (C=O) groups is 5. The molecule has 15 nitrogen and oxygen atoms in total. The molecule has 7 atom stereocenters. The summed E-state index contributed by atoms with van der Waals surface area (Å²) in [4.78, 5) is 63.0. The van der Waals surface area contributed by atoms with Crippen molar-refractivity contribution in [2.75, 3.05) is 0 Å². The number of aromatic hydroxyl groups is 1. The van der Waals surface area contributed by atoms with Crippen LogP contribution < -0.4 is 4.74 Å². The molecule has 5 aromatic rings. The monoisotopic (exact) mass is 1260 g/mol. The molecule has 9 rings (SSSR count). The number of halogens is 2. The zero-order valence-electron chi connectivity index (χ0n) is 52.9. The average molecular weight is 1260 g/mol. The van der Waals surface area contributed by atoms with E-state index in [1.807, 2.05) is 68.4 Å². The van der Waals surface area contributed by atoms with E-state index in [2.05, 4.69) is 114 Å². The summed E-state index contributed by atoms with van der Waals surface area (Å²) in [6, 6.07) is 46.6. The largest absolute Gasteiger partial charge is 0.743 e. The van der Waals surface area contributed by atoms with Gasteiger partial charge in [-0.15, -0.1) is 0 Å². The average Bonchev–Trinajstić information content (AvgIpc) is 1.59. The first-order chi connectivity index (χ1) is 41.2. The van der Waals surface area contributed by atoms with Crippen molar-refractivity contribution in [3.63, 3.8) is 0 Å². The van der Waals surface area contributed by atoms with E-state index in [0.717, 1.165) is 32.1 Å². The van der Waals surface area contributed by atoms with Gasteiger partial charge in [0.15, 0.2) is 43.1 Å². The van der Waals surface area contributed by atoms with Crippen molar-refractivity contribution in [1.29, 1.82) is 0 Å². The highest BCUT2D eigenvalue weighted by Gasteiger charge is 2.65. The molecular weight excluding hydrogens is 1170 g/mol. The zero-order valence-corrected chi connectivity index (χ0v) is 54.6. The van der Waals surface area contributed by atoms with Gasteiger partial charge in [-0.05, 0) is 192 Å². The predicted molar refractivity (Wildman–Crippen MR) is 331 cm³/mol. The maximum Gasteiger partial charge on any atom is 0.369 e. The third kappa shape index (κ3) is 18.9. The van der Waals surface area contributed by atoms with Crippen LogP contribution in [0, 0.1) is 27.6 Å². The van der Waals surface area contributed by atoms with Crippen LogP contribution in [0.3, 0.4) is 0 Å². The summed E-state index contributed by atoms with van der Waals surface area (Å²) >= 11 is 0. The Labute approximate surface area is 521 Å². The summed E-state index contributed by atoms with van der Waals surface area (Å²) in [6.45, 7) is 22.5. The third-order valence-electron chi connectivity index (χ3n) is 16.7. The van der Waals surface area contributed by atoms with Gasteiger partial charge in [0.1, 0.15) is 23.7 Å². The second kappa shape index (κ2) is 31.2. The number of rotatable bonds is 17. The smallest absolute Gasteiger partial charge is 0.369 e. The lowest BCUT2D eigenvalue weighted by atomic mass is 9.87. The molecule has 1 N–H and O–H groups in total. The number of hydrogen-bond donors (Lipinski definition) is 1. The van der Waals surface area contributed by atoms with Gasteiger partial charge in [-0.3, -0.25) is 24.0 Å². The molecule has 3 heterocycles. The highest BCUT2D eigenvalue weighted by molar-refractivity contribution is 7.97. The molecule has 3 aliphatic heterocycles. The zero-order chi connectivity index (χ0) is 65.4. The molecule has 480 valence electrons. The highest BCUT2D eigenvalue weighted by atomic mass is 32.2. The lowest BCUT2D eigenvalue weighted by Crippen LogP contribution is -2.44. The number of esters is 5. The van der Waals surface area contributed by atoms with Crippen molar-refractivity contribution < 1.29 is 79.3 Å². The molecule has 19 heteroatoms. The number of hydrogen-bond acceptors (Lipinski definition) is 15. The molecule has 1 aliphatic carbocycles. The predicted octanol–water partition coefficient (Wildman–Crippen LogP) is 14.5. The normalized spacial score (nSPS) is 19.8. The van der Waals surface area contributed by atoms with Crippen LogP contribution in [-0.4, -0.2) is 83.7 Å². The van der Waals surface area contributed by atoms with E-state index in [1.54, 1.807) is 19.1 Å². The SMILES string of the molecule is CCC(C)(C)C(=O)OC(C)C(F)(F)S(=O)(=O)[O-].CCC(C)(C)C(=O)OC1C2CC3C(=O)OC1C3O2.CCC(C)(C)C(=O)OC1CCCCc2ccccc21.CCC(C)(C)C(=O)Oc1ccc(O)cc1.c1ccc([S+](c2ccccc2)c2ccccc2)cc1. The van der Waals surface area contributed by atoms with Crippen molar-refractivity contribution in [1.82, 2.24) is 0 Å². The maximum absolute atomic E-state index is 13.0. The Morgan fingerprint density at radius 2 is 1.07 bits per heavy atom. The molecule has 3 saturated heterocycles. The highest BCUT2D eigenvalue weighted by Crippen LogP contribution is 2.48. The summed E-state index contributed by atoms with van der Waals surface area (Å²) < 4.78 is 88.7. The van der Waals surface area contributed by atoms with Crippen LogP contribution in [0.25, 0.3) is 0 Å². The second-order valence-corrected chi connectivity index (χ2v) is 28.2. The first kappa shape index (κ1) is 72.1. The van der Waals surface area contributed by atoms with Gasteiger partial charge < -0.3 is 38.1 Å². The van der Waals surface area contributed by atoms with E-state index >= 15 is 0 Å². The third-order valence-corrected chi connectivity index (χ3v) is 19.9. The van der Waals surface area contributed by atoms with Crippen LogP contribution in [0.4, 0.5) is 8.78 Å². The standard InChI is InChI=1S/C18H15S.C17H24O2.C13H18O5.C12H16O3.C9H16F2O5S/c1-4-10-16(11-5-1)19(17-12-6-2-7-13-17)18-14-8-3-9-15-18;1-4-17(2,3)16(18)19-15-12-8-6-10-13-9-5-7-11-14(13)15;1-4-13(2,3)12(15)18-9-7-5-6-8(16-7)10(9)17-11(6)14;1-4-12(2,3)11(14)15-10-7-5-9(13)6-8-10;1-5-8(3,4)7(12)16-6(2)9(10,11)17(13,14)15/h1-15H;5,7,9,11,15H,4,6,8,10,12H2,1-3H3;6-10H,4-5H2,1-3H3;5-8,13H,4H2,1-3H3;6H,5H2,1-4H3,(H,13,14,15)/q+1;;;;/p-1. The minimum absolute atomic E-state index is 0.0146. The van der Waals surface area contributed by atoms with Gasteiger partial charge >= 0.3 is 35.1 Å². The van der Waals surface area contributed by atoms with Gasteiger partial charge in [0, 0.05) is 0 Å². The molecule has 0 amide bonds. The minimum atomic E-state index is -5.86. The topological polar surface area (TPSA) is 218 Å². The Morgan fingerprint density at radius 3 is 1.55 bits per heavy atom. The van der Waals surface area contributed by atoms with Crippen molar-refractivity contribution >= 4 is 50.9 Å². The Bertz CT molecular complexity index is 3100. The number of alkyl halides is 2. The molecule has 2 bridgehead atoms. The van der Waals surface area contributed by atoms with E-state index in [0.29, 0.717) is 31.9 Å². The van der Waals surface area contributed by atoms with Crippen LogP contribution in [0.5, 0.6) is 11.5 Å². The van der Waals surface area contributed by atoms with Crippen molar-refractivity contribution in [3.05, 3.63) is 151 Å². The van der Waals surface area contributed by atoms with E-state index in [-0.39, 0.29) is 70.2 Å². The first-order valence-electron chi connectivity index (χ1n) is 30.1. The molecule has 0 radical (unpaired) electrons. The molecule has 3 fully saturated rings. The van der Waals surface area contributed by atoms with Crippen molar-refractivity contribution in [3.8, 4) is 11.5 Å². The number of fused-ring (bicyclic) bond motifs is 2. The van der Waals surface area contributed by atoms with Crippen LogP contribution in [0.2, 0.25) is 0 Å². The minimum Gasteiger partial charge on any atom is -0.743 e.